The number of thiazole rings is 1. The van der Waals surface area contributed by atoms with Crippen molar-refractivity contribution in [3.8, 4) is 0 Å². The van der Waals surface area contributed by atoms with E-state index in [-0.39, 0.29) is 11.8 Å². The van der Waals surface area contributed by atoms with Gasteiger partial charge in [0, 0.05) is 56.8 Å². The number of anilines is 1. The average molecular weight is 449 g/mol. The molecule has 2 aromatic rings. The van der Waals surface area contributed by atoms with Crippen LogP contribution in [0.25, 0.3) is 0 Å². The molecule has 0 spiro atoms. The van der Waals surface area contributed by atoms with E-state index in [1.54, 1.807) is 29.7 Å². The molecule has 0 N–H and O–H groups in total. The molecule has 3 heterocycles. The van der Waals surface area contributed by atoms with Gasteiger partial charge in [-0.1, -0.05) is 6.07 Å². The van der Waals surface area contributed by atoms with Crippen LogP contribution in [-0.4, -0.2) is 67.8 Å². The van der Waals surface area contributed by atoms with Crippen molar-refractivity contribution in [1.82, 2.24) is 14.2 Å². The molecule has 1 aromatic heterocycles. The van der Waals surface area contributed by atoms with Crippen molar-refractivity contribution >= 4 is 32.4 Å². The number of nitrogens with zero attached hydrogens (tertiary/aromatic N) is 4. The van der Waals surface area contributed by atoms with Crippen molar-refractivity contribution in [1.29, 1.82) is 0 Å². The molecule has 0 saturated carbocycles. The highest BCUT2D eigenvalue weighted by molar-refractivity contribution is 7.89. The molecule has 162 valence electrons. The maximum absolute atomic E-state index is 13.0. The number of aryl methyl sites for hydroxylation is 2. The van der Waals surface area contributed by atoms with E-state index in [1.807, 2.05) is 30.2 Å². The molecule has 7 nitrogen and oxygen atoms in total. The van der Waals surface area contributed by atoms with E-state index in [1.165, 1.54) is 4.31 Å². The van der Waals surface area contributed by atoms with Crippen LogP contribution < -0.4 is 4.90 Å². The van der Waals surface area contributed by atoms with Gasteiger partial charge in [-0.3, -0.25) is 4.79 Å². The Morgan fingerprint density at radius 3 is 2.33 bits per heavy atom. The molecule has 0 unspecified atom stereocenters. The lowest BCUT2D eigenvalue weighted by molar-refractivity contribution is -0.137. The highest BCUT2D eigenvalue weighted by atomic mass is 32.2. The number of carbonyl (C=O) groups is 1. The smallest absolute Gasteiger partial charge is 0.243 e. The van der Waals surface area contributed by atoms with Crippen LogP contribution in [0.4, 0.5) is 5.13 Å². The molecular weight excluding hydrogens is 420 g/mol. The number of hydrogen-bond donors (Lipinski definition) is 0. The molecule has 0 bridgehead atoms. The van der Waals surface area contributed by atoms with Crippen LogP contribution in [-0.2, 0) is 14.8 Å². The van der Waals surface area contributed by atoms with E-state index in [0.717, 1.165) is 29.3 Å². The largest absolute Gasteiger partial charge is 0.345 e. The first-order valence-corrected chi connectivity index (χ1v) is 12.7. The number of hydrogen-bond acceptors (Lipinski definition) is 6. The van der Waals surface area contributed by atoms with E-state index in [4.69, 9.17) is 0 Å². The summed E-state index contributed by atoms with van der Waals surface area (Å²) in [6.07, 6.45) is 2.96. The fourth-order valence-corrected chi connectivity index (χ4v) is 6.37. The zero-order valence-corrected chi connectivity index (χ0v) is 19.1. The highest BCUT2D eigenvalue weighted by Crippen LogP contribution is 2.27. The third kappa shape index (κ3) is 4.24. The fraction of sp³-hybridized carbons (Fsp3) is 0.524. The topological polar surface area (TPSA) is 73.8 Å². The minimum atomic E-state index is -3.51. The van der Waals surface area contributed by atoms with Crippen molar-refractivity contribution in [2.24, 2.45) is 5.92 Å². The van der Waals surface area contributed by atoms with Gasteiger partial charge in [0.15, 0.2) is 5.13 Å². The summed E-state index contributed by atoms with van der Waals surface area (Å²) in [7, 11) is -3.51. The van der Waals surface area contributed by atoms with Gasteiger partial charge in [0.2, 0.25) is 15.9 Å². The summed E-state index contributed by atoms with van der Waals surface area (Å²) in [5.74, 6) is 0.0691. The van der Waals surface area contributed by atoms with E-state index in [2.05, 4.69) is 9.88 Å². The molecule has 1 amide bonds. The molecule has 2 saturated heterocycles. The second-order valence-corrected chi connectivity index (χ2v) is 10.9. The monoisotopic (exact) mass is 448 g/mol. The second-order valence-electron chi connectivity index (χ2n) is 8.05. The van der Waals surface area contributed by atoms with Crippen molar-refractivity contribution in [3.63, 3.8) is 0 Å². The van der Waals surface area contributed by atoms with Crippen LogP contribution in [0.2, 0.25) is 0 Å². The highest BCUT2D eigenvalue weighted by Gasteiger charge is 2.34. The lowest BCUT2D eigenvalue weighted by Crippen LogP contribution is -2.52. The molecule has 0 atom stereocenters. The van der Waals surface area contributed by atoms with Gasteiger partial charge in [0.1, 0.15) is 0 Å². The van der Waals surface area contributed by atoms with Crippen LogP contribution in [0.3, 0.4) is 0 Å². The first kappa shape index (κ1) is 21.3. The number of piperidine rings is 1. The van der Waals surface area contributed by atoms with Crippen LogP contribution in [0.1, 0.15) is 24.0 Å². The minimum absolute atomic E-state index is 0.0948. The average Bonchev–Trinajstić information content (AvgIpc) is 3.30. The van der Waals surface area contributed by atoms with Crippen molar-refractivity contribution in [2.75, 3.05) is 44.2 Å². The first-order valence-electron chi connectivity index (χ1n) is 10.4. The minimum Gasteiger partial charge on any atom is -0.345 e. The Kier molecular flexibility index (Phi) is 6.13. The van der Waals surface area contributed by atoms with Crippen molar-refractivity contribution in [2.45, 2.75) is 31.6 Å². The van der Waals surface area contributed by atoms with Gasteiger partial charge in [0.25, 0.3) is 0 Å². The normalized spacial score (nSPS) is 19.3. The lowest BCUT2D eigenvalue weighted by Gasteiger charge is -2.38. The number of carbonyl (C=O) groups excluding carboxylic acids is 1. The molecule has 30 heavy (non-hydrogen) atoms. The molecule has 2 fully saturated rings. The number of aromatic nitrogens is 1. The Balaban J connectivity index is 1.33. The summed E-state index contributed by atoms with van der Waals surface area (Å²) in [6.45, 7) is 7.65. The number of amides is 1. The predicted molar refractivity (Wildman–Crippen MR) is 118 cm³/mol. The molecule has 2 aliphatic rings. The van der Waals surface area contributed by atoms with Gasteiger partial charge >= 0.3 is 0 Å². The van der Waals surface area contributed by atoms with E-state index in [9.17, 15) is 13.2 Å². The standard InChI is InChI=1S/C21H28N4O3S2/c1-16-3-4-19(15-17(16)2)30(27,28)25-8-5-18(6-9-25)20(26)23-10-12-24(13-11-23)21-22-7-14-29-21/h3-4,7,14-15,18H,5-6,8-13H2,1-2H3. The zero-order valence-electron chi connectivity index (χ0n) is 17.5. The molecule has 1 aromatic carbocycles. The maximum atomic E-state index is 13.0. The van der Waals surface area contributed by atoms with Gasteiger partial charge in [0.05, 0.1) is 4.90 Å². The van der Waals surface area contributed by atoms with Crippen LogP contribution in [0.15, 0.2) is 34.7 Å². The Morgan fingerprint density at radius 2 is 1.73 bits per heavy atom. The summed E-state index contributed by atoms with van der Waals surface area (Å²) >= 11 is 1.62. The first-order chi connectivity index (χ1) is 14.4. The SMILES string of the molecule is Cc1ccc(S(=O)(=O)N2CCC(C(=O)N3CCN(c4nccs4)CC3)CC2)cc1C. The molecular formula is C21H28N4O3S2. The molecule has 9 heteroatoms. The van der Waals surface area contributed by atoms with Gasteiger partial charge in [-0.05, 0) is 49.9 Å². The van der Waals surface area contributed by atoms with Crippen molar-refractivity contribution in [3.05, 3.63) is 40.9 Å². The van der Waals surface area contributed by atoms with E-state index >= 15 is 0 Å². The van der Waals surface area contributed by atoms with Crippen LogP contribution in [0.5, 0.6) is 0 Å². The number of benzene rings is 1. The second kappa shape index (κ2) is 8.64. The Hall–Kier alpha value is -1.97. The van der Waals surface area contributed by atoms with E-state index in [0.29, 0.717) is 43.9 Å². The predicted octanol–water partition coefficient (Wildman–Crippen LogP) is 2.51. The van der Waals surface area contributed by atoms with Crippen LogP contribution in [0, 0.1) is 19.8 Å². The molecule has 4 rings (SSSR count). The quantitative estimate of drug-likeness (QED) is 0.719. The molecule has 0 aliphatic carbocycles. The van der Waals surface area contributed by atoms with Gasteiger partial charge < -0.3 is 9.80 Å². The summed E-state index contributed by atoms with van der Waals surface area (Å²) in [4.78, 5) is 21.8. The zero-order chi connectivity index (χ0) is 21.3. The summed E-state index contributed by atoms with van der Waals surface area (Å²) in [5, 5.41) is 2.97. The summed E-state index contributed by atoms with van der Waals surface area (Å²) < 4.78 is 27.5. The Labute approximate surface area is 182 Å². The summed E-state index contributed by atoms with van der Waals surface area (Å²) in [5.41, 5.74) is 2.05. The van der Waals surface area contributed by atoms with Gasteiger partial charge in [-0.25, -0.2) is 13.4 Å². The Bertz CT molecular complexity index is 991. The van der Waals surface area contributed by atoms with Gasteiger partial charge in [-0.15, -0.1) is 11.3 Å². The number of piperazine rings is 1. The Morgan fingerprint density at radius 1 is 1.03 bits per heavy atom. The number of sulfonamides is 1. The summed E-state index contributed by atoms with van der Waals surface area (Å²) in [6, 6.07) is 5.27. The van der Waals surface area contributed by atoms with Crippen LogP contribution >= 0.6 is 11.3 Å². The fourth-order valence-electron chi connectivity index (χ4n) is 4.11. The van der Waals surface area contributed by atoms with Gasteiger partial charge in [-0.2, -0.15) is 4.31 Å². The third-order valence-corrected chi connectivity index (χ3v) is 8.93. The number of rotatable bonds is 4. The maximum Gasteiger partial charge on any atom is 0.243 e. The lowest BCUT2D eigenvalue weighted by atomic mass is 9.96. The molecule has 0 radical (unpaired) electrons. The third-order valence-electron chi connectivity index (χ3n) is 6.20. The van der Waals surface area contributed by atoms with E-state index < -0.39 is 10.0 Å². The molecule has 2 aliphatic heterocycles. The van der Waals surface area contributed by atoms with Crippen molar-refractivity contribution < 1.29 is 13.2 Å².